The second-order valence-corrected chi connectivity index (χ2v) is 7.18. The van der Waals surface area contributed by atoms with E-state index in [2.05, 4.69) is 11.9 Å². The quantitative estimate of drug-likeness (QED) is 0.546. The molecule has 1 aromatic carbocycles. The van der Waals surface area contributed by atoms with Crippen LogP contribution in [-0.4, -0.2) is 28.6 Å². The third-order valence-electron chi connectivity index (χ3n) is 5.11. The Morgan fingerprint density at radius 3 is 2.52 bits per heavy atom. The van der Waals surface area contributed by atoms with Gasteiger partial charge in [0.1, 0.15) is 11.9 Å². The van der Waals surface area contributed by atoms with Gasteiger partial charge in [-0.1, -0.05) is 56.2 Å². The van der Waals surface area contributed by atoms with Crippen LogP contribution >= 0.6 is 11.6 Å². The SMILES string of the molecule is C=CC(=CC)N(C(=O)CCl)C(C(=O)NC1CCCCC1)c1ccccc1C. The molecule has 0 saturated heterocycles. The zero-order valence-electron chi connectivity index (χ0n) is 16.2. The lowest BCUT2D eigenvalue weighted by Crippen LogP contribution is -2.47. The molecule has 5 heteroatoms. The third kappa shape index (κ3) is 5.23. The molecular weight excluding hydrogens is 360 g/mol. The van der Waals surface area contributed by atoms with Crippen molar-refractivity contribution in [2.75, 3.05) is 5.88 Å². The van der Waals surface area contributed by atoms with Crippen LogP contribution in [0.15, 0.2) is 48.7 Å². The molecule has 0 radical (unpaired) electrons. The van der Waals surface area contributed by atoms with Crippen LogP contribution < -0.4 is 5.32 Å². The van der Waals surface area contributed by atoms with Crippen molar-refractivity contribution in [3.8, 4) is 0 Å². The van der Waals surface area contributed by atoms with Crippen molar-refractivity contribution in [2.24, 2.45) is 0 Å². The van der Waals surface area contributed by atoms with Crippen LogP contribution in [0.2, 0.25) is 0 Å². The first-order chi connectivity index (χ1) is 13.0. The maximum atomic E-state index is 13.4. The number of hydrogen-bond donors (Lipinski definition) is 1. The average Bonchev–Trinajstić information content (AvgIpc) is 2.69. The van der Waals surface area contributed by atoms with Gasteiger partial charge in [-0.25, -0.2) is 0 Å². The molecule has 1 fully saturated rings. The van der Waals surface area contributed by atoms with E-state index in [4.69, 9.17) is 11.6 Å². The van der Waals surface area contributed by atoms with Gasteiger partial charge in [0.2, 0.25) is 11.8 Å². The molecule has 0 aromatic heterocycles. The molecular formula is C22H29ClN2O2. The van der Waals surface area contributed by atoms with E-state index in [9.17, 15) is 9.59 Å². The molecule has 1 aromatic rings. The Hall–Kier alpha value is -2.07. The molecule has 1 saturated carbocycles. The number of carbonyl (C=O) groups is 2. The summed E-state index contributed by atoms with van der Waals surface area (Å²) in [7, 11) is 0. The Bertz CT molecular complexity index is 708. The minimum atomic E-state index is -0.774. The van der Waals surface area contributed by atoms with Gasteiger partial charge in [-0.05, 0) is 43.9 Å². The first kappa shape index (κ1) is 21.2. The largest absolute Gasteiger partial charge is 0.351 e. The highest BCUT2D eigenvalue weighted by Gasteiger charge is 2.34. The molecule has 1 aliphatic rings. The summed E-state index contributed by atoms with van der Waals surface area (Å²) in [6, 6.07) is 7.03. The third-order valence-corrected chi connectivity index (χ3v) is 5.34. The summed E-state index contributed by atoms with van der Waals surface area (Å²) in [5, 5.41) is 3.17. The van der Waals surface area contributed by atoms with Crippen molar-refractivity contribution >= 4 is 23.4 Å². The molecule has 4 nitrogen and oxygen atoms in total. The monoisotopic (exact) mass is 388 g/mol. The lowest BCUT2D eigenvalue weighted by molar-refractivity contribution is -0.137. The second kappa shape index (κ2) is 10.3. The van der Waals surface area contributed by atoms with E-state index < -0.39 is 6.04 Å². The average molecular weight is 389 g/mol. The van der Waals surface area contributed by atoms with Gasteiger partial charge in [-0.15, -0.1) is 11.6 Å². The van der Waals surface area contributed by atoms with Crippen LogP contribution in [0.5, 0.6) is 0 Å². The van der Waals surface area contributed by atoms with Gasteiger partial charge in [-0.2, -0.15) is 0 Å². The zero-order chi connectivity index (χ0) is 19.8. The standard InChI is InChI=1S/C22H29ClN2O2/c1-4-18(5-2)25(20(26)15-23)21(19-14-10-9-11-16(19)3)22(27)24-17-12-7-6-8-13-17/h4-5,9-11,14,17,21H,1,6-8,12-13,15H2,2-3H3,(H,24,27). The number of rotatable bonds is 7. The van der Waals surface area contributed by atoms with E-state index in [0.717, 1.165) is 36.8 Å². The summed E-state index contributed by atoms with van der Waals surface area (Å²) >= 11 is 5.89. The van der Waals surface area contributed by atoms with Gasteiger partial charge >= 0.3 is 0 Å². The molecule has 1 N–H and O–H groups in total. The highest BCUT2D eigenvalue weighted by Crippen LogP contribution is 2.29. The molecule has 0 heterocycles. The number of amides is 2. The first-order valence-electron chi connectivity index (χ1n) is 9.56. The van der Waals surface area contributed by atoms with Gasteiger partial charge in [0.05, 0.1) is 0 Å². The fraction of sp³-hybridized carbons (Fsp3) is 0.455. The van der Waals surface area contributed by atoms with Gasteiger partial charge < -0.3 is 5.32 Å². The van der Waals surface area contributed by atoms with Crippen molar-refractivity contribution in [1.82, 2.24) is 10.2 Å². The fourth-order valence-corrected chi connectivity index (χ4v) is 3.80. The fourth-order valence-electron chi connectivity index (χ4n) is 3.67. The zero-order valence-corrected chi connectivity index (χ0v) is 17.0. The number of halogens is 1. The normalized spacial score (nSPS) is 16.5. The highest BCUT2D eigenvalue weighted by atomic mass is 35.5. The Morgan fingerprint density at radius 2 is 1.96 bits per heavy atom. The number of nitrogens with one attached hydrogen (secondary N) is 1. The Kier molecular flexibility index (Phi) is 8.11. The van der Waals surface area contributed by atoms with Gasteiger partial charge in [0.15, 0.2) is 0 Å². The molecule has 146 valence electrons. The highest BCUT2D eigenvalue weighted by molar-refractivity contribution is 6.27. The maximum Gasteiger partial charge on any atom is 0.248 e. The smallest absolute Gasteiger partial charge is 0.248 e. The van der Waals surface area contributed by atoms with Crippen LogP contribution in [0, 0.1) is 6.92 Å². The summed E-state index contributed by atoms with van der Waals surface area (Å²) in [6.45, 7) is 7.57. The summed E-state index contributed by atoms with van der Waals surface area (Å²) in [5.74, 6) is -0.697. The van der Waals surface area contributed by atoms with Crippen LogP contribution in [0.25, 0.3) is 0 Å². The van der Waals surface area contributed by atoms with Gasteiger partial charge in [0, 0.05) is 11.7 Å². The molecule has 0 bridgehead atoms. The molecule has 0 aliphatic heterocycles. The van der Waals surface area contributed by atoms with E-state index in [0.29, 0.717) is 5.70 Å². The van der Waals surface area contributed by atoms with Crippen LogP contribution in [0.3, 0.4) is 0 Å². The second-order valence-electron chi connectivity index (χ2n) is 6.92. The van der Waals surface area contributed by atoms with E-state index in [1.165, 1.54) is 11.3 Å². The number of aryl methyl sites for hydroxylation is 1. The lowest BCUT2D eigenvalue weighted by atomic mass is 9.93. The number of carbonyl (C=O) groups excluding carboxylic acids is 2. The lowest BCUT2D eigenvalue weighted by Gasteiger charge is -2.34. The van der Waals surface area contributed by atoms with Gasteiger partial charge in [0.25, 0.3) is 0 Å². The van der Waals surface area contributed by atoms with E-state index >= 15 is 0 Å². The summed E-state index contributed by atoms with van der Waals surface area (Å²) < 4.78 is 0. The Labute approximate surface area is 167 Å². The molecule has 1 aliphatic carbocycles. The van der Waals surface area contributed by atoms with Crippen molar-refractivity contribution < 1.29 is 9.59 Å². The Morgan fingerprint density at radius 1 is 1.30 bits per heavy atom. The van der Waals surface area contributed by atoms with Crippen molar-refractivity contribution in [3.63, 3.8) is 0 Å². The van der Waals surface area contributed by atoms with Crippen LogP contribution in [0.1, 0.15) is 56.2 Å². The van der Waals surface area contributed by atoms with Gasteiger partial charge in [-0.3, -0.25) is 14.5 Å². The van der Waals surface area contributed by atoms with E-state index in [1.807, 2.05) is 38.1 Å². The van der Waals surface area contributed by atoms with E-state index in [-0.39, 0.29) is 23.7 Å². The first-order valence-corrected chi connectivity index (χ1v) is 10.1. The minimum absolute atomic E-state index is 0.156. The molecule has 2 rings (SSSR count). The maximum absolute atomic E-state index is 13.4. The topological polar surface area (TPSA) is 49.4 Å². The predicted molar refractivity (Wildman–Crippen MR) is 110 cm³/mol. The number of allylic oxidation sites excluding steroid dienone is 2. The number of benzene rings is 1. The van der Waals surface area contributed by atoms with Crippen molar-refractivity contribution in [3.05, 3.63) is 59.8 Å². The molecule has 2 amide bonds. The summed E-state index contributed by atoms with van der Waals surface area (Å²) in [4.78, 5) is 27.5. The van der Waals surface area contributed by atoms with E-state index in [1.54, 1.807) is 12.2 Å². The number of nitrogens with zero attached hydrogens (tertiary/aromatic N) is 1. The molecule has 27 heavy (non-hydrogen) atoms. The van der Waals surface area contributed by atoms with Crippen LogP contribution in [-0.2, 0) is 9.59 Å². The van der Waals surface area contributed by atoms with Crippen molar-refractivity contribution in [2.45, 2.75) is 58.0 Å². The number of alkyl halides is 1. The van der Waals surface area contributed by atoms with Crippen molar-refractivity contribution in [1.29, 1.82) is 0 Å². The number of hydrogen-bond acceptors (Lipinski definition) is 2. The van der Waals surface area contributed by atoms with Crippen LogP contribution in [0.4, 0.5) is 0 Å². The summed E-state index contributed by atoms with van der Waals surface area (Å²) in [5.41, 5.74) is 2.33. The molecule has 1 unspecified atom stereocenters. The molecule has 1 atom stereocenters. The minimum Gasteiger partial charge on any atom is -0.351 e. The molecule has 0 spiro atoms. The Balaban J connectivity index is 2.46. The predicted octanol–water partition coefficient (Wildman–Crippen LogP) is 4.64. The summed E-state index contributed by atoms with van der Waals surface area (Å²) in [6.07, 6.45) is 8.78.